The van der Waals surface area contributed by atoms with E-state index in [9.17, 15) is 0 Å². The van der Waals surface area contributed by atoms with Crippen LogP contribution in [0.1, 0.15) is 25.8 Å². The number of benzene rings is 1. The standard InChI is InChI=1S/C14H19ClN2OS/c1-3-10-8-18-9(2)7-17(10)11-4-5-12(14(16)19)13(15)6-11/h4-6,9-10H,3,7-8H2,1-2H3,(H2,16,19). The first-order chi connectivity index (χ1) is 9.02. The van der Waals surface area contributed by atoms with E-state index in [0.717, 1.165) is 30.8 Å². The van der Waals surface area contributed by atoms with Crippen LogP contribution in [-0.2, 0) is 4.74 Å². The Bertz CT molecular complexity index is 481. The van der Waals surface area contributed by atoms with Crippen molar-refractivity contribution in [1.82, 2.24) is 0 Å². The molecule has 1 aromatic rings. The highest BCUT2D eigenvalue weighted by Gasteiger charge is 2.26. The van der Waals surface area contributed by atoms with E-state index in [1.807, 2.05) is 18.2 Å². The highest BCUT2D eigenvalue weighted by Crippen LogP contribution is 2.28. The summed E-state index contributed by atoms with van der Waals surface area (Å²) in [7, 11) is 0. The number of thiocarbonyl (C=S) groups is 1. The Balaban J connectivity index is 2.29. The number of morpholine rings is 1. The molecule has 1 saturated heterocycles. The normalized spacial score (nSPS) is 23.4. The number of anilines is 1. The number of nitrogens with zero attached hydrogens (tertiary/aromatic N) is 1. The zero-order valence-corrected chi connectivity index (χ0v) is 12.8. The van der Waals surface area contributed by atoms with Crippen LogP contribution in [0, 0.1) is 0 Å². The summed E-state index contributed by atoms with van der Waals surface area (Å²) in [6.45, 7) is 5.89. The summed E-state index contributed by atoms with van der Waals surface area (Å²) in [6, 6.07) is 6.26. The molecule has 1 fully saturated rings. The number of nitrogens with two attached hydrogens (primary N) is 1. The largest absolute Gasteiger partial charge is 0.389 e. The first-order valence-electron chi connectivity index (χ1n) is 6.50. The zero-order valence-electron chi connectivity index (χ0n) is 11.2. The van der Waals surface area contributed by atoms with Gasteiger partial charge in [0.1, 0.15) is 4.99 Å². The van der Waals surface area contributed by atoms with E-state index in [4.69, 9.17) is 34.3 Å². The third-order valence-electron chi connectivity index (χ3n) is 3.49. The Labute approximate surface area is 124 Å². The molecule has 0 saturated carbocycles. The average molecular weight is 299 g/mol. The summed E-state index contributed by atoms with van der Waals surface area (Å²) >= 11 is 11.2. The maximum atomic E-state index is 6.25. The van der Waals surface area contributed by atoms with Crippen LogP contribution in [0.2, 0.25) is 5.02 Å². The Morgan fingerprint density at radius 3 is 2.89 bits per heavy atom. The lowest BCUT2D eigenvalue weighted by molar-refractivity contribution is 0.0299. The van der Waals surface area contributed by atoms with E-state index in [1.54, 1.807) is 0 Å². The minimum atomic E-state index is 0.233. The van der Waals surface area contributed by atoms with E-state index >= 15 is 0 Å². The second-order valence-corrected chi connectivity index (χ2v) is 5.73. The van der Waals surface area contributed by atoms with Crippen molar-refractivity contribution in [3.05, 3.63) is 28.8 Å². The van der Waals surface area contributed by atoms with Crippen LogP contribution in [0.25, 0.3) is 0 Å². The molecule has 0 bridgehead atoms. The average Bonchev–Trinajstić information content (AvgIpc) is 2.38. The highest BCUT2D eigenvalue weighted by atomic mass is 35.5. The van der Waals surface area contributed by atoms with Gasteiger partial charge in [0.2, 0.25) is 0 Å². The summed E-state index contributed by atoms with van der Waals surface area (Å²) < 4.78 is 5.71. The molecule has 2 N–H and O–H groups in total. The van der Waals surface area contributed by atoms with Gasteiger partial charge in [-0.2, -0.15) is 0 Å². The molecule has 0 amide bonds. The molecule has 1 aliphatic heterocycles. The van der Waals surface area contributed by atoms with Crippen molar-refractivity contribution in [1.29, 1.82) is 0 Å². The fourth-order valence-electron chi connectivity index (χ4n) is 2.38. The first-order valence-corrected chi connectivity index (χ1v) is 7.29. The Morgan fingerprint density at radius 2 is 2.32 bits per heavy atom. The van der Waals surface area contributed by atoms with Crippen molar-refractivity contribution in [2.45, 2.75) is 32.4 Å². The second-order valence-electron chi connectivity index (χ2n) is 4.89. The van der Waals surface area contributed by atoms with E-state index in [2.05, 4.69) is 18.7 Å². The van der Waals surface area contributed by atoms with Gasteiger partial charge in [0.05, 0.1) is 23.8 Å². The van der Waals surface area contributed by atoms with Gasteiger partial charge in [0, 0.05) is 17.8 Å². The molecular weight excluding hydrogens is 280 g/mol. The van der Waals surface area contributed by atoms with Gasteiger partial charge in [0.15, 0.2) is 0 Å². The molecule has 0 spiro atoms. The van der Waals surface area contributed by atoms with Gasteiger partial charge in [-0.3, -0.25) is 0 Å². The lowest BCUT2D eigenvalue weighted by Gasteiger charge is -2.40. The highest BCUT2D eigenvalue weighted by molar-refractivity contribution is 7.80. The monoisotopic (exact) mass is 298 g/mol. The smallest absolute Gasteiger partial charge is 0.105 e. The van der Waals surface area contributed by atoms with E-state index < -0.39 is 0 Å². The van der Waals surface area contributed by atoms with Crippen LogP contribution in [0.4, 0.5) is 5.69 Å². The molecule has 2 atom stereocenters. The maximum Gasteiger partial charge on any atom is 0.105 e. The van der Waals surface area contributed by atoms with Gasteiger partial charge < -0.3 is 15.4 Å². The molecular formula is C14H19ClN2OS. The fraction of sp³-hybridized carbons (Fsp3) is 0.500. The number of ether oxygens (including phenoxy) is 1. The lowest BCUT2D eigenvalue weighted by atomic mass is 10.1. The predicted octanol–water partition coefficient (Wildman–Crippen LogP) is 2.98. The predicted molar refractivity (Wildman–Crippen MR) is 84.2 cm³/mol. The van der Waals surface area contributed by atoms with Crippen LogP contribution in [-0.4, -0.2) is 30.3 Å². The molecule has 1 aromatic carbocycles. The van der Waals surface area contributed by atoms with Crippen molar-refractivity contribution < 1.29 is 4.74 Å². The number of rotatable bonds is 3. The van der Waals surface area contributed by atoms with Crippen LogP contribution in [0.5, 0.6) is 0 Å². The Morgan fingerprint density at radius 1 is 1.58 bits per heavy atom. The molecule has 19 heavy (non-hydrogen) atoms. The van der Waals surface area contributed by atoms with Gasteiger partial charge in [-0.15, -0.1) is 0 Å². The minimum absolute atomic E-state index is 0.233. The Kier molecular flexibility index (Phi) is 4.66. The molecule has 2 rings (SSSR count). The molecule has 1 aliphatic rings. The van der Waals surface area contributed by atoms with E-state index in [-0.39, 0.29) is 6.10 Å². The topological polar surface area (TPSA) is 38.5 Å². The molecule has 104 valence electrons. The number of hydrogen-bond donors (Lipinski definition) is 1. The summed E-state index contributed by atoms with van der Waals surface area (Å²) in [5.41, 5.74) is 7.47. The summed E-state index contributed by atoms with van der Waals surface area (Å²) in [5.74, 6) is 0. The maximum absolute atomic E-state index is 6.25. The molecule has 0 aliphatic carbocycles. The van der Waals surface area contributed by atoms with Gasteiger partial charge in [-0.05, 0) is 31.5 Å². The lowest BCUT2D eigenvalue weighted by Crippen LogP contribution is -2.48. The van der Waals surface area contributed by atoms with Crippen LogP contribution >= 0.6 is 23.8 Å². The van der Waals surface area contributed by atoms with Crippen molar-refractivity contribution in [2.24, 2.45) is 5.73 Å². The number of halogens is 1. The van der Waals surface area contributed by atoms with Crippen LogP contribution in [0.3, 0.4) is 0 Å². The number of hydrogen-bond acceptors (Lipinski definition) is 3. The van der Waals surface area contributed by atoms with Crippen LogP contribution in [0.15, 0.2) is 18.2 Å². The van der Waals surface area contributed by atoms with E-state index in [1.165, 1.54) is 0 Å². The summed E-state index contributed by atoms with van der Waals surface area (Å²) in [5, 5.41) is 0.610. The third-order valence-corrected chi connectivity index (χ3v) is 4.02. The molecule has 0 aromatic heterocycles. The van der Waals surface area contributed by atoms with E-state index in [0.29, 0.717) is 16.1 Å². The SMILES string of the molecule is CCC1COC(C)CN1c1ccc(C(N)=S)c(Cl)c1. The molecule has 0 radical (unpaired) electrons. The van der Waals surface area contributed by atoms with Crippen molar-refractivity contribution in [3.63, 3.8) is 0 Å². The van der Waals surface area contributed by atoms with Crippen molar-refractivity contribution in [2.75, 3.05) is 18.1 Å². The van der Waals surface area contributed by atoms with Gasteiger partial charge in [-0.25, -0.2) is 0 Å². The summed E-state index contributed by atoms with van der Waals surface area (Å²) in [6.07, 6.45) is 1.28. The summed E-state index contributed by atoms with van der Waals surface area (Å²) in [4.78, 5) is 2.68. The van der Waals surface area contributed by atoms with Crippen LogP contribution < -0.4 is 10.6 Å². The van der Waals surface area contributed by atoms with Gasteiger partial charge >= 0.3 is 0 Å². The zero-order chi connectivity index (χ0) is 14.0. The van der Waals surface area contributed by atoms with Gasteiger partial charge in [-0.1, -0.05) is 30.7 Å². The second kappa shape index (κ2) is 6.07. The fourth-order valence-corrected chi connectivity index (χ4v) is 2.89. The molecule has 2 unspecified atom stereocenters. The molecule has 5 heteroatoms. The third kappa shape index (κ3) is 3.19. The van der Waals surface area contributed by atoms with Crippen molar-refractivity contribution >= 4 is 34.5 Å². The van der Waals surface area contributed by atoms with Crippen molar-refractivity contribution in [3.8, 4) is 0 Å². The molecule has 3 nitrogen and oxygen atoms in total. The molecule has 1 heterocycles. The first kappa shape index (κ1) is 14.6. The Hall–Kier alpha value is -0.840. The van der Waals surface area contributed by atoms with Gasteiger partial charge in [0.25, 0.3) is 0 Å². The minimum Gasteiger partial charge on any atom is -0.389 e. The quantitative estimate of drug-likeness (QED) is 0.871.